The van der Waals surface area contributed by atoms with E-state index in [0.29, 0.717) is 23.8 Å². The van der Waals surface area contributed by atoms with Crippen LogP contribution in [0.4, 0.5) is 0 Å². The van der Waals surface area contributed by atoms with E-state index in [9.17, 15) is 0 Å². The first-order valence-corrected chi connectivity index (χ1v) is 6.96. The lowest BCUT2D eigenvalue weighted by atomic mass is 9.89. The monoisotopic (exact) mass is 255 g/mol. The van der Waals surface area contributed by atoms with Crippen molar-refractivity contribution < 1.29 is 4.52 Å². The van der Waals surface area contributed by atoms with Gasteiger partial charge in [0.1, 0.15) is 0 Å². The topological polar surface area (TPSA) is 51.0 Å². The molecule has 2 bridgehead atoms. The first-order valence-electron chi connectivity index (χ1n) is 6.96. The summed E-state index contributed by atoms with van der Waals surface area (Å²) in [6.45, 7) is 2.07. The molecule has 4 nitrogen and oxygen atoms in total. The second kappa shape index (κ2) is 4.17. The van der Waals surface area contributed by atoms with Crippen LogP contribution < -0.4 is 5.32 Å². The average molecular weight is 255 g/mol. The van der Waals surface area contributed by atoms with Gasteiger partial charge < -0.3 is 9.84 Å². The molecule has 19 heavy (non-hydrogen) atoms. The van der Waals surface area contributed by atoms with Gasteiger partial charge in [-0.15, -0.1) is 0 Å². The highest BCUT2D eigenvalue weighted by molar-refractivity contribution is 5.55. The highest BCUT2D eigenvalue weighted by atomic mass is 16.5. The molecule has 3 heterocycles. The van der Waals surface area contributed by atoms with Crippen molar-refractivity contribution in [3.05, 3.63) is 35.7 Å². The third-order valence-electron chi connectivity index (χ3n) is 4.34. The summed E-state index contributed by atoms with van der Waals surface area (Å²) in [6, 6.07) is 9.42. The fraction of sp³-hybridized carbons (Fsp3) is 0.467. The van der Waals surface area contributed by atoms with E-state index in [0.717, 1.165) is 17.9 Å². The zero-order valence-corrected chi connectivity index (χ0v) is 11.0. The summed E-state index contributed by atoms with van der Waals surface area (Å²) >= 11 is 0. The number of nitrogens with one attached hydrogen (secondary N) is 1. The van der Waals surface area contributed by atoms with Crippen molar-refractivity contribution in [1.82, 2.24) is 15.5 Å². The van der Waals surface area contributed by atoms with Crippen molar-refractivity contribution in [2.75, 3.05) is 0 Å². The lowest BCUT2D eigenvalue weighted by Gasteiger charge is -2.15. The first kappa shape index (κ1) is 11.2. The summed E-state index contributed by atoms with van der Waals surface area (Å²) in [6.07, 6.45) is 3.66. The third kappa shape index (κ3) is 1.87. The van der Waals surface area contributed by atoms with Crippen LogP contribution in [0.25, 0.3) is 11.4 Å². The standard InChI is InChI=1S/C15H17N3O/c1-9-3-2-4-10(7-9)14-17-15(19-18-14)12-8-11-5-6-13(12)16-11/h2-4,7,11-13,16H,5-6,8H2,1H3. The van der Waals surface area contributed by atoms with Crippen LogP contribution in [0, 0.1) is 6.92 Å². The second-order valence-electron chi connectivity index (χ2n) is 5.72. The number of aryl methyl sites for hydroxylation is 1. The molecule has 3 unspecified atom stereocenters. The van der Waals surface area contributed by atoms with Gasteiger partial charge in [0, 0.05) is 17.6 Å². The molecule has 0 aliphatic carbocycles. The van der Waals surface area contributed by atoms with Crippen molar-refractivity contribution >= 4 is 0 Å². The third-order valence-corrected chi connectivity index (χ3v) is 4.34. The predicted molar refractivity (Wildman–Crippen MR) is 71.8 cm³/mol. The molecule has 1 N–H and O–H groups in total. The molecule has 0 saturated carbocycles. The normalized spacial score (nSPS) is 29.0. The highest BCUT2D eigenvalue weighted by Crippen LogP contribution is 2.39. The largest absolute Gasteiger partial charge is 0.339 e. The lowest BCUT2D eigenvalue weighted by Crippen LogP contribution is -2.21. The molecule has 2 aliphatic heterocycles. The molecular formula is C15H17N3O. The van der Waals surface area contributed by atoms with Gasteiger partial charge in [0.05, 0.1) is 5.92 Å². The van der Waals surface area contributed by atoms with Gasteiger partial charge in [-0.25, -0.2) is 0 Å². The van der Waals surface area contributed by atoms with Gasteiger partial charge in [0.25, 0.3) is 0 Å². The Morgan fingerprint density at radius 3 is 3.00 bits per heavy atom. The van der Waals surface area contributed by atoms with E-state index in [2.05, 4.69) is 34.5 Å². The number of benzene rings is 1. The summed E-state index contributed by atoms with van der Waals surface area (Å²) in [7, 11) is 0. The van der Waals surface area contributed by atoms with Crippen LogP contribution in [0.1, 0.15) is 36.6 Å². The van der Waals surface area contributed by atoms with Crippen LogP contribution >= 0.6 is 0 Å². The minimum atomic E-state index is 0.407. The fourth-order valence-electron chi connectivity index (χ4n) is 3.38. The predicted octanol–water partition coefficient (Wildman–Crippen LogP) is 2.65. The molecular weight excluding hydrogens is 238 g/mol. The maximum atomic E-state index is 5.49. The van der Waals surface area contributed by atoms with Crippen molar-refractivity contribution in [2.24, 2.45) is 0 Å². The van der Waals surface area contributed by atoms with Gasteiger partial charge in [-0.3, -0.25) is 0 Å². The minimum absolute atomic E-state index is 0.407. The van der Waals surface area contributed by atoms with Gasteiger partial charge >= 0.3 is 0 Å². The van der Waals surface area contributed by atoms with E-state index >= 15 is 0 Å². The maximum absolute atomic E-state index is 5.49. The van der Waals surface area contributed by atoms with Gasteiger partial charge in [-0.05, 0) is 32.3 Å². The summed E-state index contributed by atoms with van der Waals surface area (Å²) in [4.78, 5) is 4.60. The van der Waals surface area contributed by atoms with Crippen molar-refractivity contribution in [2.45, 2.75) is 44.2 Å². The Hall–Kier alpha value is -1.68. The summed E-state index contributed by atoms with van der Waals surface area (Å²) in [5.74, 6) is 1.92. The maximum Gasteiger partial charge on any atom is 0.231 e. The van der Waals surface area contributed by atoms with E-state index in [1.54, 1.807) is 0 Å². The van der Waals surface area contributed by atoms with E-state index in [1.165, 1.54) is 18.4 Å². The number of hydrogen-bond donors (Lipinski definition) is 1. The van der Waals surface area contributed by atoms with Gasteiger partial charge in [-0.1, -0.05) is 28.9 Å². The molecule has 2 saturated heterocycles. The van der Waals surface area contributed by atoms with Crippen LogP contribution in [0.5, 0.6) is 0 Å². The van der Waals surface area contributed by atoms with E-state index < -0.39 is 0 Å². The molecule has 4 heteroatoms. The number of hydrogen-bond acceptors (Lipinski definition) is 4. The molecule has 0 amide bonds. The van der Waals surface area contributed by atoms with E-state index in [-0.39, 0.29) is 0 Å². The Bertz CT molecular complexity index is 607. The molecule has 98 valence electrons. The summed E-state index contributed by atoms with van der Waals surface area (Å²) in [5, 5.41) is 7.75. The summed E-state index contributed by atoms with van der Waals surface area (Å²) < 4.78 is 5.49. The number of rotatable bonds is 2. The first-order chi connectivity index (χ1) is 9.29. The average Bonchev–Trinajstić information content (AvgIpc) is 3.14. The Balaban J connectivity index is 1.63. The van der Waals surface area contributed by atoms with Crippen LogP contribution in [0.15, 0.2) is 28.8 Å². The molecule has 0 radical (unpaired) electrons. The molecule has 2 aliphatic rings. The van der Waals surface area contributed by atoms with Gasteiger partial charge in [0.2, 0.25) is 11.7 Å². The number of nitrogens with zero attached hydrogens (tertiary/aromatic N) is 2. The highest BCUT2D eigenvalue weighted by Gasteiger charge is 2.42. The number of aromatic nitrogens is 2. The van der Waals surface area contributed by atoms with Crippen molar-refractivity contribution in [3.8, 4) is 11.4 Å². The second-order valence-corrected chi connectivity index (χ2v) is 5.72. The quantitative estimate of drug-likeness (QED) is 0.896. The lowest BCUT2D eigenvalue weighted by molar-refractivity contribution is 0.329. The summed E-state index contributed by atoms with van der Waals surface area (Å²) in [5.41, 5.74) is 2.25. The fourth-order valence-corrected chi connectivity index (χ4v) is 3.38. The van der Waals surface area contributed by atoms with E-state index in [4.69, 9.17) is 4.52 Å². The van der Waals surface area contributed by atoms with Crippen molar-refractivity contribution in [3.63, 3.8) is 0 Å². The Morgan fingerprint density at radius 2 is 2.26 bits per heavy atom. The minimum Gasteiger partial charge on any atom is -0.339 e. The van der Waals surface area contributed by atoms with E-state index in [1.807, 2.05) is 12.1 Å². The van der Waals surface area contributed by atoms with Crippen LogP contribution in [-0.4, -0.2) is 22.2 Å². The van der Waals surface area contributed by atoms with Gasteiger partial charge in [0.15, 0.2) is 0 Å². The Morgan fingerprint density at radius 1 is 1.32 bits per heavy atom. The van der Waals surface area contributed by atoms with Crippen LogP contribution in [0.2, 0.25) is 0 Å². The smallest absolute Gasteiger partial charge is 0.231 e. The SMILES string of the molecule is Cc1cccc(-c2noc(C3CC4CCC3N4)n2)c1. The molecule has 4 rings (SSSR count). The zero-order chi connectivity index (χ0) is 12.8. The molecule has 0 spiro atoms. The molecule has 2 aromatic rings. The van der Waals surface area contributed by atoms with Crippen molar-refractivity contribution in [1.29, 1.82) is 0 Å². The molecule has 3 atom stereocenters. The zero-order valence-electron chi connectivity index (χ0n) is 11.0. The van der Waals surface area contributed by atoms with Crippen LogP contribution in [-0.2, 0) is 0 Å². The Labute approximate surface area is 112 Å². The number of fused-ring (bicyclic) bond motifs is 2. The molecule has 2 fully saturated rings. The van der Waals surface area contributed by atoms with Gasteiger partial charge in [-0.2, -0.15) is 4.98 Å². The Kier molecular flexibility index (Phi) is 2.45. The molecule has 1 aromatic carbocycles. The van der Waals surface area contributed by atoms with Crippen LogP contribution in [0.3, 0.4) is 0 Å². The molecule has 1 aromatic heterocycles.